The Labute approximate surface area is 147 Å². The van der Waals surface area contributed by atoms with Gasteiger partial charge in [0, 0.05) is 20.1 Å². The minimum absolute atomic E-state index is 0.0154. The second kappa shape index (κ2) is 7.61. The smallest absolute Gasteiger partial charge is 0.163 e. The summed E-state index contributed by atoms with van der Waals surface area (Å²) in [5.74, 6) is 1.59. The highest BCUT2D eigenvalue weighted by molar-refractivity contribution is 5.86. The van der Waals surface area contributed by atoms with E-state index < -0.39 is 0 Å². The van der Waals surface area contributed by atoms with Gasteiger partial charge in [0.15, 0.2) is 5.65 Å². The van der Waals surface area contributed by atoms with E-state index in [4.69, 9.17) is 4.98 Å². The molecule has 0 aliphatic carbocycles. The number of aliphatic hydroxyl groups excluding tert-OH is 1. The highest BCUT2D eigenvalue weighted by atomic mass is 16.3. The van der Waals surface area contributed by atoms with Crippen LogP contribution in [0, 0.1) is 6.92 Å². The number of hydrogen-bond donors (Lipinski definition) is 2. The third kappa shape index (κ3) is 3.79. The van der Waals surface area contributed by atoms with Crippen LogP contribution in [0.2, 0.25) is 0 Å². The molecule has 132 valence electrons. The molecule has 1 atom stereocenters. The third-order valence-electron chi connectivity index (χ3n) is 4.32. The van der Waals surface area contributed by atoms with Crippen LogP contribution in [0.25, 0.3) is 11.0 Å². The van der Waals surface area contributed by atoms with Gasteiger partial charge in [0.1, 0.15) is 11.6 Å². The molecule has 0 aliphatic heterocycles. The van der Waals surface area contributed by atoms with Crippen LogP contribution in [0.4, 0.5) is 5.82 Å². The number of aliphatic hydroxyl groups is 1. The van der Waals surface area contributed by atoms with Gasteiger partial charge in [0.2, 0.25) is 0 Å². The first kappa shape index (κ1) is 17.4. The SMILES string of the molecule is CCCc1nc(NC(CCO)c2ccc(C)cc2)c2cnn(C)c2n1. The van der Waals surface area contributed by atoms with Gasteiger partial charge < -0.3 is 10.4 Å². The predicted octanol–water partition coefficient (Wildman–Crippen LogP) is 3.16. The molecule has 0 radical (unpaired) electrons. The molecule has 2 N–H and O–H groups in total. The normalized spacial score (nSPS) is 12.5. The van der Waals surface area contributed by atoms with Crippen LogP contribution in [0.3, 0.4) is 0 Å². The number of fused-ring (bicyclic) bond motifs is 1. The van der Waals surface area contributed by atoms with Gasteiger partial charge in [-0.25, -0.2) is 9.97 Å². The van der Waals surface area contributed by atoms with E-state index >= 15 is 0 Å². The molecule has 0 saturated carbocycles. The Morgan fingerprint density at radius 3 is 2.64 bits per heavy atom. The predicted molar refractivity (Wildman–Crippen MR) is 99.5 cm³/mol. The van der Waals surface area contributed by atoms with Gasteiger partial charge in [-0.1, -0.05) is 36.8 Å². The van der Waals surface area contributed by atoms with Crippen molar-refractivity contribution in [3.05, 3.63) is 47.4 Å². The first-order chi connectivity index (χ1) is 12.1. The zero-order valence-corrected chi connectivity index (χ0v) is 15.0. The molecule has 0 saturated heterocycles. The second-order valence-corrected chi connectivity index (χ2v) is 6.36. The van der Waals surface area contributed by atoms with E-state index in [1.54, 1.807) is 10.9 Å². The number of nitrogens with one attached hydrogen (secondary N) is 1. The molecule has 0 amide bonds. The van der Waals surface area contributed by atoms with Crippen molar-refractivity contribution in [3.8, 4) is 0 Å². The second-order valence-electron chi connectivity index (χ2n) is 6.36. The maximum atomic E-state index is 9.50. The van der Waals surface area contributed by atoms with E-state index in [1.165, 1.54) is 5.56 Å². The van der Waals surface area contributed by atoms with Crippen LogP contribution in [-0.2, 0) is 13.5 Å². The van der Waals surface area contributed by atoms with Crippen molar-refractivity contribution in [1.29, 1.82) is 0 Å². The summed E-state index contributed by atoms with van der Waals surface area (Å²) in [5, 5.41) is 18.2. The summed E-state index contributed by atoms with van der Waals surface area (Å²) in [5.41, 5.74) is 3.17. The van der Waals surface area contributed by atoms with E-state index in [9.17, 15) is 5.11 Å². The average molecular weight is 339 g/mol. The molecule has 6 nitrogen and oxygen atoms in total. The maximum absolute atomic E-state index is 9.50. The zero-order valence-electron chi connectivity index (χ0n) is 15.0. The lowest BCUT2D eigenvalue weighted by Crippen LogP contribution is -2.15. The van der Waals surface area contributed by atoms with Crippen molar-refractivity contribution in [2.24, 2.45) is 7.05 Å². The van der Waals surface area contributed by atoms with Crippen molar-refractivity contribution >= 4 is 16.9 Å². The summed E-state index contributed by atoms with van der Waals surface area (Å²) < 4.78 is 1.77. The monoisotopic (exact) mass is 339 g/mol. The fourth-order valence-corrected chi connectivity index (χ4v) is 2.93. The number of benzene rings is 1. The van der Waals surface area contributed by atoms with E-state index in [0.29, 0.717) is 6.42 Å². The number of nitrogens with zero attached hydrogens (tertiary/aromatic N) is 4. The van der Waals surface area contributed by atoms with Crippen LogP contribution in [-0.4, -0.2) is 31.5 Å². The summed E-state index contributed by atoms with van der Waals surface area (Å²) in [7, 11) is 1.89. The molecule has 1 aromatic carbocycles. The Balaban J connectivity index is 1.99. The van der Waals surface area contributed by atoms with Gasteiger partial charge in [-0.2, -0.15) is 5.10 Å². The van der Waals surface area contributed by atoms with Crippen LogP contribution in [0.15, 0.2) is 30.5 Å². The van der Waals surface area contributed by atoms with Crippen LogP contribution in [0.1, 0.15) is 42.8 Å². The molecule has 3 rings (SSSR count). The number of hydrogen-bond acceptors (Lipinski definition) is 5. The van der Waals surface area contributed by atoms with Gasteiger partial charge in [0.25, 0.3) is 0 Å². The Hall–Kier alpha value is -2.47. The molecule has 0 spiro atoms. The molecule has 0 fully saturated rings. The standard InChI is InChI=1S/C19H25N5O/c1-4-5-17-22-18(15-12-20-24(3)19(15)23-17)21-16(10-11-25)14-8-6-13(2)7-9-14/h6-9,12,16,25H,4-5,10-11H2,1-3H3,(H,21,22,23). The maximum Gasteiger partial charge on any atom is 0.163 e. The first-order valence-electron chi connectivity index (χ1n) is 8.75. The Kier molecular flexibility index (Phi) is 5.28. The molecule has 0 aliphatic rings. The minimum atomic E-state index is -0.0154. The highest BCUT2D eigenvalue weighted by Crippen LogP contribution is 2.27. The summed E-state index contributed by atoms with van der Waals surface area (Å²) in [6.45, 7) is 4.29. The lowest BCUT2D eigenvalue weighted by atomic mass is 10.0. The van der Waals surface area contributed by atoms with Crippen molar-refractivity contribution in [3.63, 3.8) is 0 Å². The number of rotatable bonds is 7. The fourth-order valence-electron chi connectivity index (χ4n) is 2.93. The van der Waals surface area contributed by atoms with Crippen molar-refractivity contribution in [1.82, 2.24) is 19.7 Å². The third-order valence-corrected chi connectivity index (χ3v) is 4.32. The largest absolute Gasteiger partial charge is 0.396 e. The Bertz CT molecular complexity index is 841. The molecule has 1 unspecified atom stereocenters. The lowest BCUT2D eigenvalue weighted by Gasteiger charge is -2.20. The number of aryl methyl sites for hydroxylation is 3. The summed E-state index contributed by atoms with van der Waals surface area (Å²) >= 11 is 0. The Morgan fingerprint density at radius 2 is 1.96 bits per heavy atom. The Morgan fingerprint density at radius 1 is 1.20 bits per heavy atom. The highest BCUT2D eigenvalue weighted by Gasteiger charge is 2.16. The summed E-state index contributed by atoms with van der Waals surface area (Å²) in [4.78, 5) is 9.33. The van der Waals surface area contributed by atoms with Crippen LogP contribution >= 0.6 is 0 Å². The van der Waals surface area contributed by atoms with Crippen molar-refractivity contribution < 1.29 is 5.11 Å². The summed E-state index contributed by atoms with van der Waals surface area (Å²) in [6, 6.07) is 8.35. The van der Waals surface area contributed by atoms with Gasteiger partial charge >= 0.3 is 0 Å². The number of aromatic nitrogens is 4. The number of anilines is 1. The summed E-state index contributed by atoms with van der Waals surface area (Å²) in [6.07, 6.45) is 4.21. The molecule has 2 aromatic heterocycles. The molecule has 2 heterocycles. The molecule has 6 heteroatoms. The minimum Gasteiger partial charge on any atom is -0.396 e. The van der Waals surface area contributed by atoms with Crippen molar-refractivity contribution in [2.45, 2.75) is 39.2 Å². The lowest BCUT2D eigenvalue weighted by molar-refractivity contribution is 0.280. The fraction of sp³-hybridized carbons (Fsp3) is 0.421. The molecule has 0 bridgehead atoms. The van der Waals surface area contributed by atoms with E-state index in [2.05, 4.69) is 53.5 Å². The first-order valence-corrected chi connectivity index (χ1v) is 8.75. The van der Waals surface area contributed by atoms with Crippen LogP contribution in [0.5, 0.6) is 0 Å². The molecular weight excluding hydrogens is 314 g/mol. The van der Waals surface area contributed by atoms with Crippen LogP contribution < -0.4 is 5.32 Å². The van der Waals surface area contributed by atoms with Gasteiger partial charge in [-0.3, -0.25) is 4.68 Å². The molecular formula is C19H25N5O. The molecule has 3 aromatic rings. The van der Waals surface area contributed by atoms with Gasteiger partial charge in [-0.05, 0) is 25.3 Å². The van der Waals surface area contributed by atoms with Gasteiger partial charge in [-0.15, -0.1) is 0 Å². The molecule has 25 heavy (non-hydrogen) atoms. The quantitative estimate of drug-likeness (QED) is 0.691. The van der Waals surface area contributed by atoms with E-state index in [-0.39, 0.29) is 12.6 Å². The average Bonchev–Trinajstić information content (AvgIpc) is 2.97. The van der Waals surface area contributed by atoms with E-state index in [0.717, 1.165) is 41.1 Å². The topological polar surface area (TPSA) is 75.9 Å². The zero-order chi connectivity index (χ0) is 17.8. The van der Waals surface area contributed by atoms with E-state index in [1.807, 2.05) is 7.05 Å². The van der Waals surface area contributed by atoms with Gasteiger partial charge in [0.05, 0.1) is 17.6 Å². The van der Waals surface area contributed by atoms with Crippen molar-refractivity contribution in [2.75, 3.05) is 11.9 Å².